The number of aromatic nitrogens is 4. The summed E-state index contributed by atoms with van der Waals surface area (Å²) in [6.07, 6.45) is 6.53. The maximum absolute atomic E-state index is 12.7. The molecule has 138 valence electrons. The molecule has 1 amide bonds. The summed E-state index contributed by atoms with van der Waals surface area (Å²) in [4.78, 5) is 17.1. The van der Waals surface area contributed by atoms with Crippen molar-refractivity contribution in [3.8, 4) is 0 Å². The van der Waals surface area contributed by atoms with E-state index in [9.17, 15) is 4.79 Å². The summed E-state index contributed by atoms with van der Waals surface area (Å²) in [6, 6.07) is 10.1. The number of carbonyl (C=O) groups excluding carboxylic acids is 1. The van der Waals surface area contributed by atoms with E-state index in [1.54, 1.807) is 12.4 Å². The van der Waals surface area contributed by atoms with Gasteiger partial charge in [0.05, 0.1) is 11.8 Å². The van der Waals surface area contributed by atoms with E-state index in [0.717, 1.165) is 35.1 Å². The van der Waals surface area contributed by atoms with Gasteiger partial charge in [0.15, 0.2) is 5.65 Å². The largest absolute Gasteiger partial charge is 0.347 e. The number of nitrogens with one attached hydrogen (secondary N) is 1. The van der Waals surface area contributed by atoms with E-state index in [0.29, 0.717) is 5.56 Å². The number of carbonyl (C=O) groups is 1. The van der Waals surface area contributed by atoms with Crippen LogP contribution in [0.3, 0.4) is 0 Å². The van der Waals surface area contributed by atoms with Crippen molar-refractivity contribution >= 4 is 33.5 Å². The van der Waals surface area contributed by atoms with Gasteiger partial charge in [-0.1, -0.05) is 6.92 Å². The lowest BCUT2D eigenvalue weighted by Gasteiger charge is -2.08. The number of hydrogen-bond acceptors (Lipinski definition) is 3. The first kappa shape index (κ1) is 17.3. The number of benzene rings is 1. The van der Waals surface area contributed by atoms with Crippen molar-refractivity contribution in [1.29, 1.82) is 0 Å². The lowest BCUT2D eigenvalue weighted by Crippen LogP contribution is -2.12. The first-order valence-electron chi connectivity index (χ1n) is 9.30. The lowest BCUT2D eigenvalue weighted by molar-refractivity contribution is 0.102. The highest BCUT2D eigenvalue weighted by Gasteiger charge is 2.12. The molecule has 0 atom stereocenters. The van der Waals surface area contributed by atoms with Gasteiger partial charge >= 0.3 is 0 Å². The van der Waals surface area contributed by atoms with Gasteiger partial charge in [-0.05, 0) is 50.6 Å². The van der Waals surface area contributed by atoms with E-state index in [4.69, 9.17) is 0 Å². The Labute approximate surface area is 157 Å². The molecule has 0 aliphatic carbocycles. The third-order valence-electron chi connectivity index (χ3n) is 4.68. The molecule has 0 fully saturated rings. The van der Waals surface area contributed by atoms with Crippen molar-refractivity contribution in [2.75, 3.05) is 5.32 Å². The Morgan fingerprint density at radius 2 is 2.00 bits per heavy atom. The molecule has 6 nitrogen and oxygen atoms in total. The molecule has 4 aromatic rings. The molecule has 0 spiro atoms. The summed E-state index contributed by atoms with van der Waals surface area (Å²) in [5.41, 5.74) is 3.27. The molecule has 0 bridgehead atoms. The lowest BCUT2D eigenvalue weighted by atomic mass is 10.2. The molecule has 0 saturated heterocycles. The molecule has 27 heavy (non-hydrogen) atoms. The summed E-state index contributed by atoms with van der Waals surface area (Å²) in [7, 11) is 0. The zero-order valence-electron chi connectivity index (χ0n) is 15.8. The number of amides is 1. The molecule has 0 aliphatic heterocycles. The Morgan fingerprint density at radius 3 is 2.78 bits per heavy atom. The highest BCUT2D eigenvalue weighted by atomic mass is 16.1. The van der Waals surface area contributed by atoms with Crippen molar-refractivity contribution in [2.24, 2.45) is 0 Å². The van der Waals surface area contributed by atoms with Crippen LogP contribution in [0, 0.1) is 0 Å². The summed E-state index contributed by atoms with van der Waals surface area (Å²) in [5, 5.41) is 9.30. The molecular weight excluding hydrogens is 338 g/mol. The van der Waals surface area contributed by atoms with Gasteiger partial charge in [0.2, 0.25) is 0 Å². The van der Waals surface area contributed by atoms with Crippen molar-refractivity contribution in [3.05, 3.63) is 54.5 Å². The normalized spacial score (nSPS) is 11.6. The predicted octanol–water partition coefficient (Wildman–Crippen LogP) is 4.63. The number of nitrogens with zero attached hydrogens (tertiary/aromatic N) is 4. The second-order valence-electron chi connectivity index (χ2n) is 7.06. The molecule has 4 rings (SSSR count). The summed E-state index contributed by atoms with van der Waals surface area (Å²) < 4.78 is 4.08. The van der Waals surface area contributed by atoms with Crippen LogP contribution in [0.2, 0.25) is 0 Å². The molecule has 0 saturated carbocycles. The van der Waals surface area contributed by atoms with Crippen LogP contribution in [0.5, 0.6) is 0 Å². The number of hydrogen-bond donors (Lipinski definition) is 1. The standard InChI is InChI=1S/C21H23N5O/c1-4-8-25-9-7-15-11-18(5-6-19(15)25)24-21(27)17-10-16-13-23-26(14(2)3)20(16)22-12-17/h5-7,9-14H,4,8H2,1-3H3,(H,24,27). The highest BCUT2D eigenvalue weighted by molar-refractivity contribution is 6.06. The third kappa shape index (κ3) is 3.18. The maximum atomic E-state index is 12.7. The van der Waals surface area contributed by atoms with Crippen LogP contribution < -0.4 is 5.32 Å². The molecule has 0 aliphatic rings. The van der Waals surface area contributed by atoms with Gasteiger partial charge in [-0.3, -0.25) is 4.79 Å². The van der Waals surface area contributed by atoms with Crippen LogP contribution in [0.4, 0.5) is 5.69 Å². The molecule has 0 radical (unpaired) electrons. The Morgan fingerprint density at radius 1 is 1.15 bits per heavy atom. The van der Waals surface area contributed by atoms with Crippen LogP contribution in [0.15, 0.2) is 48.9 Å². The minimum atomic E-state index is -0.172. The highest BCUT2D eigenvalue weighted by Crippen LogP contribution is 2.22. The first-order chi connectivity index (χ1) is 13.1. The molecule has 1 aromatic carbocycles. The first-order valence-corrected chi connectivity index (χ1v) is 9.30. The Kier molecular flexibility index (Phi) is 4.39. The fourth-order valence-corrected chi connectivity index (χ4v) is 3.36. The van der Waals surface area contributed by atoms with E-state index < -0.39 is 0 Å². The Hall–Kier alpha value is -3.15. The molecular formula is C21H23N5O. The molecule has 3 heterocycles. The molecule has 6 heteroatoms. The predicted molar refractivity (Wildman–Crippen MR) is 108 cm³/mol. The van der Waals surface area contributed by atoms with E-state index in [2.05, 4.69) is 59.1 Å². The Balaban J connectivity index is 1.58. The topological polar surface area (TPSA) is 64.7 Å². The fraction of sp³-hybridized carbons (Fsp3) is 0.286. The quantitative estimate of drug-likeness (QED) is 0.564. The van der Waals surface area contributed by atoms with Crippen LogP contribution in [0.25, 0.3) is 21.9 Å². The van der Waals surface area contributed by atoms with Gasteiger partial charge in [-0.2, -0.15) is 5.10 Å². The van der Waals surface area contributed by atoms with Gasteiger partial charge in [0.25, 0.3) is 5.91 Å². The monoisotopic (exact) mass is 361 g/mol. The molecule has 0 unspecified atom stereocenters. The van der Waals surface area contributed by atoms with Gasteiger partial charge < -0.3 is 9.88 Å². The number of anilines is 1. The second-order valence-corrected chi connectivity index (χ2v) is 7.06. The van der Waals surface area contributed by atoms with E-state index in [1.807, 2.05) is 22.9 Å². The second kappa shape index (κ2) is 6.87. The van der Waals surface area contributed by atoms with Crippen LogP contribution >= 0.6 is 0 Å². The van der Waals surface area contributed by atoms with Crippen molar-refractivity contribution in [2.45, 2.75) is 39.8 Å². The van der Waals surface area contributed by atoms with Gasteiger partial charge in [-0.15, -0.1) is 0 Å². The maximum Gasteiger partial charge on any atom is 0.257 e. The average Bonchev–Trinajstić information content (AvgIpc) is 3.25. The number of fused-ring (bicyclic) bond motifs is 2. The van der Waals surface area contributed by atoms with Crippen molar-refractivity contribution in [3.63, 3.8) is 0 Å². The number of rotatable bonds is 5. The molecule has 1 N–H and O–H groups in total. The SMILES string of the molecule is CCCn1ccc2cc(NC(=O)c3cnc4c(cnn4C(C)C)c3)ccc21. The minimum absolute atomic E-state index is 0.172. The number of pyridine rings is 1. The zero-order chi connectivity index (χ0) is 19.0. The summed E-state index contributed by atoms with van der Waals surface area (Å²) in [6.45, 7) is 7.26. The van der Waals surface area contributed by atoms with E-state index in [1.165, 1.54) is 5.52 Å². The van der Waals surface area contributed by atoms with Crippen LogP contribution in [-0.4, -0.2) is 25.2 Å². The average molecular weight is 361 g/mol. The van der Waals surface area contributed by atoms with Crippen molar-refractivity contribution in [1.82, 2.24) is 19.3 Å². The minimum Gasteiger partial charge on any atom is -0.347 e. The van der Waals surface area contributed by atoms with E-state index in [-0.39, 0.29) is 11.9 Å². The summed E-state index contributed by atoms with van der Waals surface area (Å²) in [5.74, 6) is -0.172. The van der Waals surface area contributed by atoms with Crippen LogP contribution in [-0.2, 0) is 6.54 Å². The fourth-order valence-electron chi connectivity index (χ4n) is 3.36. The summed E-state index contributed by atoms with van der Waals surface area (Å²) >= 11 is 0. The van der Waals surface area contributed by atoms with Gasteiger partial charge in [0, 0.05) is 47.0 Å². The zero-order valence-corrected chi connectivity index (χ0v) is 15.8. The molecule has 3 aromatic heterocycles. The van der Waals surface area contributed by atoms with Crippen molar-refractivity contribution < 1.29 is 4.79 Å². The van der Waals surface area contributed by atoms with Gasteiger partial charge in [0.1, 0.15) is 0 Å². The van der Waals surface area contributed by atoms with Crippen LogP contribution in [0.1, 0.15) is 43.6 Å². The van der Waals surface area contributed by atoms with Gasteiger partial charge in [-0.25, -0.2) is 9.67 Å². The Bertz CT molecular complexity index is 1120. The van der Waals surface area contributed by atoms with E-state index >= 15 is 0 Å². The third-order valence-corrected chi connectivity index (χ3v) is 4.68. The smallest absolute Gasteiger partial charge is 0.257 e. The number of aryl methyl sites for hydroxylation is 1.